The largest absolute Gasteiger partial charge is 0.488 e. The lowest BCUT2D eigenvalue weighted by atomic mass is 10.1. The van der Waals surface area contributed by atoms with Gasteiger partial charge in [-0.15, -0.1) is 0 Å². The van der Waals surface area contributed by atoms with Crippen LogP contribution in [0.25, 0.3) is 10.9 Å². The van der Waals surface area contributed by atoms with E-state index in [9.17, 15) is 4.79 Å². The first kappa shape index (κ1) is 14.1. The van der Waals surface area contributed by atoms with Crippen LogP contribution in [0.3, 0.4) is 0 Å². The standard InChI is InChI=1S/C18H15NO3/c1-21-18(20)16-15(22-12-13-6-3-2-4-7-13)10-9-14-8-5-11-19-17(14)16/h2-11H,12H2,1H3. The molecule has 0 unspecified atom stereocenters. The fraction of sp³-hybridized carbons (Fsp3) is 0.111. The van der Waals surface area contributed by atoms with Gasteiger partial charge in [0.2, 0.25) is 0 Å². The molecule has 0 saturated carbocycles. The number of carbonyl (C=O) groups excluding carboxylic acids is 1. The maximum atomic E-state index is 12.1. The zero-order chi connectivity index (χ0) is 15.4. The van der Waals surface area contributed by atoms with Crippen molar-refractivity contribution in [1.82, 2.24) is 4.98 Å². The summed E-state index contributed by atoms with van der Waals surface area (Å²) < 4.78 is 10.7. The number of esters is 1. The van der Waals surface area contributed by atoms with Gasteiger partial charge in [-0.2, -0.15) is 0 Å². The summed E-state index contributed by atoms with van der Waals surface area (Å²) >= 11 is 0. The van der Waals surface area contributed by atoms with Crippen LogP contribution in [-0.2, 0) is 11.3 Å². The van der Waals surface area contributed by atoms with Gasteiger partial charge < -0.3 is 9.47 Å². The van der Waals surface area contributed by atoms with Gasteiger partial charge in [-0.05, 0) is 23.8 Å². The molecule has 0 aliphatic heterocycles. The molecule has 3 rings (SSSR count). The van der Waals surface area contributed by atoms with Gasteiger partial charge in [0.25, 0.3) is 0 Å². The molecule has 4 heteroatoms. The molecule has 4 nitrogen and oxygen atoms in total. The Labute approximate surface area is 128 Å². The van der Waals surface area contributed by atoms with E-state index >= 15 is 0 Å². The third-order valence-corrected chi connectivity index (χ3v) is 3.36. The summed E-state index contributed by atoms with van der Waals surface area (Å²) in [5, 5.41) is 0.870. The summed E-state index contributed by atoms with van der Waals surface area (Å²) in [7, 11) is 1.35. The minimum Gasteiger partial charge on any atom is -0.488 e. The van der Waals surface area contributed by atoms with Crippen LogP contribution in [0.15, 0.2) is 60.8 Å². The zero-order valence-corrected chi connectivity index (χ0v) is 12.2. The molecule has 0 aliphatic rings. The van der Waals surface area contributed by atoms with Gasteiger partial charge in [-0.25, -0.2) is 4.79 Å². The molecule has 0 fully saturated rings. The molecule has 0 bridgehead atoms. The summed E-state index contributed by atoms with van der Waals surface area (Å²) in [4.78, 5) is 16.4. The van der Waals surface area contributed by atoms with Crippen LogP contribution in [0.2, 0.25) is 0 Å². The fourth-order valence-electron chi connectivity index (χ4n) is 2.28. The van der Waals surface area contributed by atoms with Crippen LogP contribution in [0.1, 0.15) is 15.9 Å². The third kappa shape index (κ3) is 2.76. The summed E-state index contributed by atoms with van der Waals surface area (Å²) in [6.07, 6.45) is 1.65. The van der Waals surface area contributed by atoms with Crippen molar-refractivity contribution in [1.29, 1.82) is 0 Å². The van der Waals surface area contributed by atoms with E-state index in [4.69, 9.17) is 9.47 Å². The summed E-state index contributed by atoms with van der Waals surface area (Å²) in [5.74, 6) is 0.0225. The molecule has 110 valence electrons. The Morgan fingerprint density at radius 2 is 1.86 bits per heavy atom. The Morgan fingerprint density at radius 3 is 2.64 bits per heavy atom. The SMILES string of the molecule is COC(=O)c1c(OCc2ccccc2)ccc2cccnc12. The second-order valence-corrected chi connectivity index (χ2v) is 4.78. The van der Waals surface area contributed by atoms with E-state index in [0.717, 1.165) is 10.9 Å². The van der Waals surface area contributed by atoms with E-state index in [2.05, 4.69) is 4.98 Å². The van der Waals surface area contributed by atoms with Gasteiger partial charge >= 0.3 is 5.97 Å². The van der Waals surface area contributed by atoms with Crippen molar-refractivity contribution < 1.29 is 14.3 Å². The number of nitrogens with zero attached hydrogens (tertiary/aromatic N) is 1. The van der Waals surface area contributed by atoms with Crippen molar-refractivity contribution in [3.05, 3.63) is 71.9 Å². The third-order valence-electron chi connectivity index (χ3n) is 3.36. The molecule has 1 heterocycles. The molecule has 1 aromatic heterocycles. The maximum absolute atomic E-state index is 12.1. The van der Waals surface area contributed by atoms with E-state index in [-0.39, 0.29) is 0 Å². The van der Waals surface area contributed by atoms with Crippen molar-refractivity contribution in [2.75, 3.05) is 7.11 Å². The molecule has 0 spiro atoms. The number of aromatic nitrogens is 1. The Bertz CT molecular complexity index is 800. The van der Waals surface area contributed by atoms with Crippen LogP contribution < -0.4 is 4.74 Å². The zero-order valence-electron chi connectivity index (χ0n) is 12.2. The Hall–Kier alpha value is -2.88. The molecule has 0 atom stereocenters. The number of benzene rings is 2. The Morgan fingerprint density at radius 1 is 1.05 bits per heavy atom. The first-order chi connectivity index (χ1) is 10.8. The Balaban J connectivity index is 1.99. The van der Waals surface area contributed by atoms with E-state index in [1.165, 1.54) is 7.11 Å². The van der Waals surface area contributed by atoms with E-state index < -0.39 is 5.97 Å². The average molecular weight is 293 g/mol. The van der Waals surface area contributed by atoms with Gasteiger partial charge in [-0.3, -0.25) is 4.98 Å². The van der Waals surface area contributed by atoms with Crippen LogP contribution in [0, 0.1) is 0 Å². The minimum absolute atomic E-state index is 0.358. The van der Waals surface area contributed by atoms with Crippen molar-refractivity contribution in [2.45, 2.75) is 6.61 Å². The quantitative estimate of drug-likeness (QED) is 0.690. The summed E-state index contributed by atoms with van der Waals surface area (Å²) in [6, 6.07) is 17.2. The van der Waals surface area contributed by atoms with Crippen molar-refractivity contribution >= 4 is 16.9 Å². The average Bonchev–Trinajstić information content (AvgIpc) is 2.59. The molecule has 0 saturated heterocycles. The number of methoxy groups -OCH3 is 1. The molecule has 0 amide bonds. The molecule has 0 N–H and O–H groups in total. The first-order valence-corrected chi connectivity index (χ1v) is 6.92. The minimum atomic E-state index is -0.452. The fourth-order valence-corrected chi connectivity index (χ4v) is 2.28. The normalized spacial score (nSPS) is 10.4. The van der Waals surface area contributed by atoms with Gasteiger partial charge in [0.05, 0.1) is 12.6 Å². The van der Waals surface area contributed by atoms with Crippen molar-refractivity contribution in [2.24, 2.45) is 0 Å². The van der Waals surface area contributed by atoms with E-state index in [1.54, 1.807) is 12.3 Å². The number of ether oxygens (including phenoxy) is 2. The second-order valence-electron chi connectivity index (χ2n) is 4.78. The van der Waals surface area contributed by atoms with Crippen LogP contribution in [0.4, 0.5) is 0 Å². The van der Waals surface area contributed by atoms with Gasteiger partial charge in [0.15, 0.2) is 0 Å². The summed E-state index contributed by atoms with van der Waals surface area (Å²) in [5.41, 5.74) is 1.97. The number of pyridine rings is 1. The monoisotopic (exact) mass is 293 g/mol. The molecular weight excluding hydrogens is 278 g/mol. The molecule has 0 aliphatic carbocycles. The van der Waals surface area contributed by atoms with Crippen LogP contribution in [-0.4, -0.2) is 18.1 Å². The maximum Gasteiger partial charge on any atom is 0.343 e. The van der Waals surface area contributed by atoms with Gasteiger partial charge in [-0.1, -0.05) is 36.4 Å². The lowest BCUT2D eigenvalue weighted by molar-refractivity contribution is 0.0597. The molecule has 3 aromatic rings. The van der Waals surface area contributed by atoms with Gasteiger partial charge in [0.1, 0.15) is 17.9 Å². The highest BCUT2D eigenvalue weighted by Crippen LogP contribution is 2.28. The number of hydrogen-bond acceptors (Lipinski definition) is 4. The first-order valence-electron chi connectivity index (χ1n) is 6.92. The lowest BCUT2D eigenvalue weighted by Crippen LogP contribution is -2.07. The highest BCUT2D eigenvalue weighted by Gasteiger charge is 2.18. The predicted octanol–water partition coefficient (Wildman–Crippen LogP) is 3.60. The topological polar surface area (TPSA) is 48.4 Å². The second kappa shape index (κ2) is 6.26. The number of hydrogen-bond donors (Lipinski definition) is 0. The van der Waals surface area contributed by atoms with E-state index in [1.807, 2.05) is 48.5 Å². The van der Waals surface area contributed by atoms with Crippen molar-refractivity contribution in [3.8, 4) is 5.75 Å². The smallest absolute Gasteiger partial charge is 0.343 e. The van der Waals surface area contributed by atoms with Crippen molar-refractivity contribution in [3.63, 3.8) is 0 Å². The summed E-state index contributed by atoms with van der Waals surface area (Å²) in [6.45, 7) is 0.378. The molecule has 0 radical (unpaired) electrons. The predicted molar refractivity (Wildman–Crippen MR) is 83.9 cm³/mol. The number of carbonyl (C=O) groups is 1. The highest BCUT2D eigenvalue weighted by atomic mass is 16.5. The molecule has 2 aromatic carbocycles. The highest BCUT2D eigenvalue weighted by molar-refractivity contribution is 6.05. The lowest BCUT2D eigenvalue weighted by Gasteiger charge is -2.12. The van der Waals surface area contributed by atoms with Crippen LogP contribution >= 0.6 is 0 Å². The molecule has 22 heavy (non-hydrogen) atoms. The number of rotatable bonds is 4. The van der Waals surface area contributed by atoms with E-state index in [0.29, 0.717) is 23.4 Å². The molecular formula is C18H15NO3. The number of fused-ring (bicyclic) bond motifs is 1. The Kier molecular flexibility index (Phi) is 4.01. The van der Waals surface area contributed by atoms with Gasteiger partial charge in [0, 0.05) is 11.6 Å². The van der Waals surface area contributed by atoms with Crippen LogP contribution in [0.5, 0.6) is 5.75 Å².